The Balaban J connectivity index is 0.000000180. The van der Waals surface area contributed by atoms with E-state index in [1.54, 1.807) is 0 Å². The van der Waals surface area contributed by atoms with Crippen molar-refractivity contribution in [2.24, 2.45) is 0 Å². The predicted octanol–water partition coefficient (Wildman–Crippen LogP) is 1.98. The van der Waals surface area contributed by atoms with Gasteiger partial charge in [-0.3, -0.25) is 9.59 Å². The Morgan fingerprint density at radius 2 is 1.00 bits per heavy atom. The van der Waals surface area contributed by atoms with Crippen LogP contribution >= 0.6 is 0 Å². The molecule has 0 saturated carbocycles. The summed E-state index contributed by atoms with van der Waals surface area (Å²) in [6.45, 7) is 7.70. The zero-order chi connectivity index (χ0) is 13.7. The normalized spacial score (nSPS) is 9.56. The van der Waals surface area contributed by atoms with Crippen molar-refractivity contribution >= 4 is 0 Å². The number of aryl methyl sites for hydroxylation is 4. The molecule has 0 atom stereocenters. The second kappa shape index (κ2) is 6.00. The van der Waals surface area contributed by atoms with Gasteiger partial charge in [-0.25, -0.2) is 0 Å². The standard InChI is InChI=1S/2C7H9NO/c2*1-5-3-4-7(9)8-6(5)2/h2*3-4H,1-2H3,(H,8,9). The first kappa shape index (κ1) is 14.0. The fraction of sp³-hybridized carbons (Fsp3) is 0.286. The molecular weight excluding hydrogens is 228 g/mol. The molecule has 4 heteroatoms. The van der Waals surface area contributed by atoms with Crippen LogP contribution in [0, 0.1) is 27.7 Å². The molecule has 0 aliphatic rings. The SMILES string of the molecule is Cc1ccc(=O)[nH]c1C.Cc1ccc(=O)[nH]c1C. The number of pyridine rings is 2. The van der Waals surface area contributed by atoms with Gasteiger partial charge in [0.2, 0.25) is 11.1 Å². The third kappa shape index (κ3) is 4.05. The molecule has 0 saturated heterocycles. The summed E-state index contributed by atoms with van der Waals surface area (Å²) in [4.78, 5) is 26.5. The van der Waals surface area contributed by atoms with Crippen molar-refractivity contribution in [1.82, 2.24) is 9.97 Å². The Hall–Kier alpha value is -2.10. The number of aromatic amines is 2. The van der Waals surface area contributed by atoms with Gasteiger partial charge in [0, 0.05) is 23.5 Å². The third-order valence-corrected chi connectivity index (χ3v) is 2.77. The lowest BCUT2D eigenvalue weighted by Crippen LogP contribution is -2.05. The van der Waals surface area contributed by atoms with Crippen molar-refractivity contribution in [3.05, 3.63) is 67.5 Å². The highest BCUT2D eigenvalue weighted by molar-refractivity contribution is 5.16. The van der Waals surface area contributed by atoms with Crippen molar-refractivity contribution in [1.29, 1.82) is 0 Å². The Bertz CT molecular complexity index is 581. The molecule has 2 N–H and O–H groups in total. The molecule has 2 rings (SSSR count). The van der Waals surface area contributed by atoms with E-state index in [1.807, 2.05) is 39.8 Å². The van der Waals surface area contributed by atoms with Gasteiger partial charge >= 0.3 is 0 Å². The first-order valence-corrected chi connectivity index (χ1v) is 5.73. The minimum absolute atomic E-state index is 0.0295. The van der Waals surface area contributed by atoms with Crippen LogP contribution in [0.15, 0.2) is 33.9 Å². The number of hydrogen-bond donors (Lipinski definition) is 2. The first-order valence-electron chi connectivity index (χ1n) is 5.73. The fourth-order valence-electron chi connectivity index (χ4n) is 1.30. The maximum Gasteiger partial charge on any atom is 0.248 e. The molecule has 0 aromatic carbocycles. The predicted molar refractivity (Wildman–Crippen MR) is 73.1 cm³/mol. The highest BCUT2D eigenvalue weighted by Crippen LogP contribution is 1.96. The minimum Gasteiger partial charge on any atom is -0.326 e. The maximum atomic E-state index is 10.6. The van der Waals surface area contributed by atoms with Crippen LogP contribution in [0.1, 0.15) is 22.5 Å². The lowest BCUT2D eigenvalue weighted by Gasteiger charge is -1.94. The van der Waals surface area contributed by atoms with E-state index in [4.69, 9.17) is 0 Å². The molecule has 0 radical (unpaired) electrons. The second-order valence-electron chi connectivity index (χ2n) is 4.26. The van der Waals surface area contributed by atoms with Gasteiger partial charge < -0.3 is 9.97 Å². The van der Waals surface area contributed by atoms with E-state index < -0.39 is 0 Å². The topological polar surface area (TPSA) is 65.7 Å². The monoisotopic (exact) mass is 246 g/mol. The van der Waals surface area contributed by atoms with Gasteiger partial charge in [-0.15, -0.1) is 0 Å². The number of nitrogens with one attached hydrogen (secondary N) is 2. The Morgan fingerprint density at radius 1 is 0.667 bits per heavy atom. The van der Waals surface area contributed by atoms with Crippen LogP contribution in [-0.4, -0.2) is 9.97 Å². The average molecular weight is 246 g/mol. The Morgan fingerprint density at radius 3 is 1.22 bits per heavy atom. The van der Waals surface area contributed by atoms with Gasteiger partial charge in [-0.2, -0.15) is 0 Å². The fourth-order valence-corrected chi connectivity index (χ4v) is 1.30. The van der Waals surface area contributed by atoms with Gasteiger partial charge in [0.05, 0.1) is 0 Å². The molecule has 0 spiro atoms. The third-order valence-electron chi connectivity index (χ3n) is 2.77. The maximum absolute atomic E-state index is 10.6. The van der Waals surface area contributed by atoms with Gasteiger partial charge in [0.1, 0.15) is 0 Å². The summed E-state index contributed by atoms with van der Waals surface area (Å²) >= 11 is 0. The molecular formula is C14H18N2O2. The summed E-state index contributed by atoms with van der Waals surface area (Å²) < 4.78 is 0. The van der Waals surface area contributed by atoms with E-state index in [1.165, 1.54) is 12.1 Å². The molecule has 4 nitrogen and oxygen atoms in total. The van der Waals surface area contributed by atoms with E-state index in [2.05, 4.69) is 9.97 Å². The van der Waals surface area contributed by atoms with Gasteiger partial charge in [-0.05, 0) is 38.8 Å². The lowest BCUT2D eigenvalue weighted by molar-refractivity contribution is 1.10. The zero-order valence-corrected chi connectivity index (χ0v) is 11.1. The van der Waals surface area contributed by atoms with Gasteiger partial charge in [0.25, 0.3) is 0 Å². The largest absolute Gasteiger partial charge is 0.326 e. The molecule has 0 unspecified atom stereocenters. The number of aromatic nitrogens is 2. The Labute approximate surface area is 106 Å². The molecule has 0 aliphatic carbocycles. The number of H-pyrrole nitrogens is 2. The molecule has 0 bridgehead atoms. The number of rotatable bonds is 0. The van der Waals surface area contributed by atoms with Crippen molar-refractivity contribution in [3.8, 4) is 0 Å². The molecule has 18 heavy (non-hydrogen) atoms. The minimum atomic E-state index is -0.0295. The van der Waals surface area contributed by atoms with E-state index in [-0.39, 0.29) is 11.1 Å². The van der Waals surface area contributed by atoms with Crippen LogP contribution in [0.2, 0.25) is 0 Å². The lowest BCUT2D eigenvalue weighted by atomic mass is 10.2. The quantitative estimate of drug-likeness (QED) is 0.746. The van der Waals surface area contributed by atoms with Crippen LogP contribution in [-0.2, 0) is 0 Å². The summed E-state index contributed by atoms with van der Waals surface area (Å²) in [6.07, 6.45) is 0. The highest BCUT2D eigenvalue weighted by Gasteiger charge is 1.89. The summed E-state index contributed by atoms with van der Waals surface area (Å²) in [6, 6.07) is 6.69. The van der Waals surface area contributed by atoms with Crippen LogP contribution in [0.25, 0.3) is 0 Å². The van der Waals surface area contributed by atoms with Crippen LogP contribution in [0.4, 0.5) is 0 Å². The molecule has 2 aromatic heterocycles. The van der Waals surface area contributed by atoms with Crippen LogP contribution in [0.5, 0.6) is 0 Å². The summed E-state index contributed by atoms with van der Waals surface area (Å²) in [5.74, 6) is 0. The van der Waals surface area contributed by atoms with Gasteiger partial charge in [0.15, 0.2) is 0 Å². The van der Waals surface area contributed by atoms with E-state index >= 15 is 0 Å². The van der Waals surface area contributed by atoms with E-state index in [9.17, 15) is 9.59 Å². The van der Waals surface area contributed by atoms with E-state index in [0.29, 0.717) is 0 Å². The highest BCUT2D eigenvalue weighted by atomic mass is 16.1. The molecule has 2 aromatic rings. The second-order valence-corrected chi connectivity index (χ2v) is 4.26. The molecule has 0 amide bonds. The first-order chi connectivity index (χ1) is 8.40. The summed E-state index contributed by atoms with van der Waals surface area (Å²) in [5, 5.41) is 0. The van der Waals surface area contributed by atoms with Gasteiger partial charge in [-0.1, -0.05) is 12.1 Å². The zero-order valence-electron chi connectivity index (χ0n) is 11.1. The van der Waals surface area contributed by atoms with Crippen molar-refractivity contribution < 1.29 is 0 Å². The number of hydrogen-bond acceptors (Lipinski definition) is 2. The van der Waals surface area contributed by atoms with Crippen LogP contribution in [0.3, 0.4) is 0 Å². The molecule has 0 aliphatic heterocycles. The molecule has 2 heterocycles. The summed E-state index contributed by atoms with van der Waals surface area (Å²) in [5.41, 5.74) is 4.07. The molecule has 0 fully saturated rings. The van der Waals surface area contributed by atoms with E-state index in [0.717, 1.165) is 22.5 Å². The van der Waals surface area contributed by atoms with Crippen molar-refractivity contribution in [2.45, 2.75) is 27.7 Å². The average Bonchev–Trinajstić information content (AvgIpc) is 2.30. The smallest absolute Gasteiger partial charge is 0.248 e. The summed E-state index contributed by atoms with van der Waals surface area (Å²) in [7, 11) is 0. The van der Waals surface area contributed by atoms with Crippen molar-refractivity contribution in [3.63, 3.8) is 0 Å². The Kier molecular flexibility index (Phi) is 4.66. The molecule has 96 valence electrons. The van der Waals surface area contributed by atoms with Crippen LogP contribution < -0.4 is 11.1 Å². The van der Waals surface area contributed by atoms with Crippen molar-refractivity contribution in [2.75, 3.05) is 0 Å².